The van der Waals surface area contributed by atoms with Crippen LogP contribution < -0.4 is 5.32 Å². The van der Waals surface area contributed by atoms with Gasteiger partial charge in [-0.3, -0.25) is 0 Å². The number of rotatable bonds is 5. The van der Waals surface area contributed by atoms with Gasteiger partial charge in [-0.05, 0) is 19.9 Å². The van der Waals surface area contributed by atoms with Crippen molar-refractivity contribution in [2.24, 2.45) is 0 Å². The minimum atomic E-state index is 1.03. The first-order valence-corrected chi connectivity index (χ1v) is 4.36. The molecule has 0 aromatic carbocycles. The maximum Gasteiger partial charge on any atom is 0.0167 e. The molecule has 1 heteroatoms. The summed E-state index contributed by atoms with van der Waals surface area (Å²) >= 11 is 0. The van der Waals surface area contributed by atoms with Crippen molar-refractivity contribution in [3.63, 3.8) is 0 Å². The zero-order chi connectivity index (χ0) is 8.53. The van der Waals surface area contributed by atoms with Gasteiger partial charge in [0, 0.05) is 6.54 Å². The average molecular weight is 153 g/mol. The van der Waals surface area contributed by atoms with Gasteiger partial charge in [0.2, 0.25) is 0 Å². The molecule has 0 aromatic rings. The van der Waals surface area contributed by atoms with Crippen molar-refractivity contribution in [1.82, 2.24) is 5.32 Å². The van der Waals surface area contributed by atoms with Crippen LogP contribution in [0.1, 0.15) is 27.2 Å². The molecule has 0 bridgehead atoms. The molecule has 1 N–H and O–H groups in total. The Balaban J connectivity index is 3.73. The van der Waals surface area contributed by atoms with E-state index in [1.165, 1.54) is 5.57 Å². The van der Waals surface area contributed by atoms with E-state index in [1.807, 2.05) is 6.92 Å². The maximum absolute atomic E-state index is 3.31. The highest BCUT2D eigenvalue weighted by Crippen LogP contribution is 1.98. The molecule has 64 valence electrons. The molecular weight excluding hydrogens is 134 g/mol. The molecule has 0 aliphatic heterocycles. The van der Waals surface area contributed by atoms with E-state index in [-0.39, 0.29) is 0 Å². The third-order valence-corrected chi connectivity index (χ3v) is 1.58. The first-order valence-electron chi connectivity index (χ1n) is 4.36. The Bertz CT molecular complexity index is 134. The van der Waals surface area contributed by atoms with Crippen molar-refractivity contribution < 1.29 is 0 Å². The van der Waals surface area contributed by atoms with E-state index >= 15 is 0 Å². The largest absolute Gasteiger partial charge is 0.313 e. The number of nitrogens with one attached hydrogen (secondary N) is 1. The van der Waals surface area contributed by atoms with Crippen LogP contribution >= 0.6 is 0 Å². The summed E-state index contributed by atoms with van der Waals surface area (Å²) < 4.78 is 0. The Hall–Kier alpha value is -0.560. The Labute approximate surface area is 70.2 Å². The van der Waals surface area contributed by atoms with E-state index < -0.39 is 0 Å². The van der Waals surface area contributed by atoms with E-state index in [0.29, 0.717) is 0 Å². The smallest absolute Gasteiger partial charge is 0.0167 e. The fraction of sp³-hybridized carbons (Fsp3) is 0.600. The SMILES string of the molecule is C/C=C\C=C(/CC)CNCC. The van der Waals surface area contributed by atoms with Crippen LogP contribution in [-0.4, -0.2) is 13.1 Å². The molecule has 0 amide bonds. The third kappa shape index (κ3) is 5.86. The molecule has 0 saturated carbocycles. The van der Waals surface area contributed by atoms with Crippen LogP contribution in [-0.2, 0) is 0 Å². The van der Waals surface area contributed by atoms with Gasteiger partial charge in [0.15, 0.2) is 0 Å². The highest BCUT2D eigenvalue weighted by atomic mass is 14.8. The number of allylic oxidation sites excluding steroid dienone is 3. The zero-order valence-corrected chi connectivity index (χ0v) is 7.85. The fourth-order valence-electron chi connectivity index (χ4n) is 0.820. The Morgan fingerprint density at radius 3 is 2.55 bits per heavy atom. The minimum Gasteiger partial charge on any atom is -0.313 e. The van der Waals surface area contributed by atoms with Crippen molar-refractivity contribution in [2.45, 2.75) is 27.2 Å². The molecule has 0 aromatic heterocycles. The van der Waals surface area contributed by atoms with E-state index in [4.69, 9.17) is 0 Å². The average Bonchev–Trinajstić information content (AvgIpc) is 2.05. The van der Waals surface area contributed by atoms with Crippen LogP contribution in [0.4, 0.5) is 0 Å². The molecule has 0 aliphatic rings. The second-order valence-corrected chi connectivity index (χ2v) is 2.48. The third-order valence-electron chi connectivity index (χ3n) is 1.58. The number of likely N-dealkylation sites (N-methyl/N-ethyl adjacent to an activating group) is 1. The van der Waals surface area contributed by atoms with Crippen LogP contribution in [0.25, 0.3) is 0 Å². The van der Waals surface area contributed by atoms with Crippen molar-refractivity contribution in [2.75, 3.05) is 13.1 Å². The van der Waals surface area contributed by atoms with Gasteiger partial charge in [-0.1, -0.05) is 37.6 Å². The monoisotopic (exact) mass is 153 g/mol. The van der Waals surface area contributed by atoms with Crippen molar-refractivity contribution >= 4 is 0 Å². The summed E-state index contributed by atoms with van der Waals surface area (Å²) in [6.07, 6.45) is 7.47. The number of hydrogen-bond acceptors (Lipinski definition) is 1. The van der Waals surface area contributed by atoms with E-state index in [1.54, 1.807) is 0 Å². The predicted octanol–water partition coefficient (Wildman–Crippen LogP) is 2.51. The second-order valence-electron chi connectivity index (χ2n) is 2.48. The highest BCUT2D eigenvalue weighted by molar-refractivity contribution is 5.12. The molecule has 0 spiro atoms. The second kappa shape index (κ2) is 7.55. The normalized spacial score (nSPS) is 12.8. The Morgan fingerprint density at radius 1 is 1.36 bits per heavy atom. The minimum absolute atomic E-state index is 1.03. The zero-order valence-electron chi connectivity index (χ0n) is 7.85. The van der Waals surface area contributed by atoms with Crippen molar-refractivity contribution in [3.05, 3.63) is 23.8 Å². The van der Waals surface area contributed by atoms with E-state index in [2.05, 4.69) is 37.4 Å². The van der Waals surface area contributed by atoms with Gasteiger partial charge in [-0.2, -0.15) is 0 Å². The summed E-state index contributed by atoms with van der Waals surface area (Å²) in [5, 5.41) is 3.31. The molecule has 0 atom stereocenters. The lowest BCUT2D eigenvalue weighted by Gasteiger charge is -2.02. The first-order chi connectivity index (χ1) is 5.35. The van der Waals surface area contributed by atoms with Crippen LogP contribution in [0.15, 0.2) is 23.8 Å². The topological polar surface area (TPSA) is 12.0 Å². The van der Waals surface area contributed by atoms with Gasteiger partial charge in [-0.25, -0.2) is 0 Å². The van der Waals surface area contributed by atoms with Gasteiger partial charge in [0.05, 0.1) is 0 Å². The maximum atomic E-state index is 3.31. The van der Waals surface area contributed by atoms with Gasteiger partial charge < -0.3 is 5.32 Å². The van der Waals surface area contributed by atoms with Crippen LogP contribution in [0.3, 0.4) is 0 Å². The summed E-state index contributed by atoms with van der Waals surface area (Å²) in [4.78, 5) is 0. The Morgan fingerprint density at radius 2 is 2.09 bits per heavy atom. The molecular formula is C10H19N. The van der Waals surface area contributed by atoms with Crippen LogP contribution in [0.5, 0.6) is 0 Å². The summed E-state index contributed by atoms with van der Waals surface area (Å²) in [6, 6.07) is 0. The summed E-state index contributed by atoms with van der Waals surface area (Å²) in [5.41, 5.74) is 1.46. The molecule has 0 aliphatic carbocycles. The van der Waals surface area contributed by atoms with E-state index in [9.17, 15) is 0 Å². The van der Waals surface area contributed by atoms with Gasteiger partial charge in [-0.15, -0.1) is 0 Å². The molecule has 0 heterocycles. The van der Waals surface area contributed by atoms with Crippen LogP contribution in [0.2, 0.25) is 0 Å². The molecule has 0 unspecified atom stereocenters. The molecule has 11 heavy (non-hydrogen) atoms. The lowest BCUT2D eigenvalue weighted by atomic mass is 10.2. The lowest BCUT2D eigenvalue weighted by molar-refractivity contribution is 0.758. The predicted molar refractivity (Wildman–Crippen MR) is 51.7 cm³/mol. The van der Waals surface area contributed by atoms with E-state index in [0.717, 1.165) is 19.5 Å². The number of hydrogen-bond donors (Lipinski definition) is 1. The summed E-state index contributed by atoms with van der Waals surface area (Å²) in [7, 11) is 0. The van der Waals surface area contributed by atoms with Gasteiger partial charge in [0.25, 0.3) is 0 Å². The molecule has 0 rings (SSSR count). The summed E-state index contributed by atoms with van der Waals surface area (Å²) in [6.45, 7) is 8.43. The van der Waals surface area contributed by atoms with Gasteiger partial charge in [0.1, 0.15) is 0 Å². The standard InChI is InChI=1S/C10H19N/c1-4-7-8-10(5-2)9-11-6-3/h4,7-8,11H,5-6,9H2,1-3H3/b7-4-,10-8+. The van der Waals surface area contributed by atoms with Gasteiger partial charge >= 0.3 is 0 Å². The lowest BCUT2D eigenvalue weighted by Crippen LogP contribution is -2.15. The highest BCUT2D eigenvalue weighted by Gasteiger charge is 1.89. The first kappa shape index (κ1) is 10.4. The Kier molecular flexibility index (Phi) is 7.16. The van der Waals surface area contributed by atoms with Crippen molar-refractivity contribution in [1.29, 1.82) is 0 Å². The molecule has 0 fully saturated rings. The molecule has 0 radical (unpaired) electrons. The quantitative estimate of drug-likeness (QED) is 0.598. The summed E-state index contributed by atoms with van der Waals surface area (Å²) in [5.74, 6) is 0. The molecule has 0 saturated heterocycles. The van der Waals surface area contributed by atoms with Crippen molar-refractivity contribution in [3.8, 4) is 0 Å². The molecule has 1 nitrogen and oxygen atoms in total. The fourth-order valence-corrected chi connectivity index (χ4v) is 0.820. The van der Waals surface area contributed by atoms with Crippen LogP contribution in [0, 0.1) is 0 Å².